The van der Waals surface area contributed by atoms with Gasteiger partial charge in [0.25, 0.3) is 5.69 Å². The van der Waals surface area contributed by atoms with Gasteiger partial charge in [0.05, 0.1) is 4.92 Å². The maximum atomic E-state index is 11.9. The van der Waals surface area contributed by atoms with E-state index in [0.717, 1.165) is 5.56 Å². The molecule has 0 saturated heterocycles. The first-order chi connectivity index (χ1) is 12.5. The van der Waals surface area contributed by atoms with Crippen LogP contribution in [0.4, 0.5) is 5.69 Å². The van der Waals surface area contributed by atoms with Gasteiger partial charge in [-0.25, -0.2) is 0 Å². The lowest BCUT2D eigenvalue weighted by molar-refractivity contribution is -0.384. The van der Waals surface area contributed by atoms with Gasteiger partial charge >= 0.3 is 0 Å². The molecule has 0 unspecified atom stereocenters. The summed E-state index contributed by atoms with van der Waals surface area (Å²) in [4.78, 5) is 23.3. The minimum Gasteiger partial charge on any atom is -0.358 e. The van der Waals surface area contributed by atoms with Crippen molar-refractivity contribution in [1.29, 1.82) is 0 Å². The van der Waals surface area contributed by atoms with Crippen molar-refractivity contribution >= 4 is 46.8 Å². The zero-order valence-electron chi connectivity index (χ0n) is 14.0. The van der Waals surface area contributed by atoms with E-state index < -0.39 is 10.8 Å². The molecule has 0 atom stereocenters. The highest BCUT2D eigenvalue weighted by Crippen LogP contribution is 2.15. The van der Waals surface area contributed by atoms with Crippen LogP contribution in [-0.2, 0) is 11.3 Å². The highest BCUT2D eigenvalue weighted by atomic mass is 32.2. The Hall–Kier alpha value is -2.71. The molecule has 2 rings (SSSR count). The number of nitrogens with one attached hydrogen (secondary N) is 2. The second kappa shape index (κ2) is 9.69. The van der Waals surface area contributed by atoms with E-state index in [0.29, 0.717) is 12.1 Å². The van der Waals surface area contributed by atoms with E-state index in [1.807, 2.05) is 30.5 Å². The number of amides is 1. The number of non-ortho nitro benzene ring substituents is 1. The first-order valence-electron chi connectivity index (χ1n) is 7.62. The summed E-state index contributed by atoms with van der Waals surface area (Å²) in [5.74, 6) is -0.410. The Morgan fingerprint density at radius 3 is 2.65 bits per heavy atom. The van der Waals surface area contributed by atoms with Gasteiger partial charge in [-0.05, 0) is 47.8 Å². The number of carbonyl (C=O) groups is 1. The largest absolute Gasteiger partial charge is 0.358 e. The molecular weight excluding hydrogens is 370 g/mol. The summed E-state index contributed by atoms with van der Waals surface area (Å²) in [6.45, 7) is 0.502. The van der Waals surface area contributed by atoms with E-state index >= 15 is 0 Å². The lowest BCUT2D eigenvalue weighted by Crippen LogP contribution is -2.37. The van der Waals surface area contributed by atoms with Crippen LogP contribution in [0.1, 0.15) is 11.1 Å². The van der Waals surface area contributed by atoms with Gasteiger partial charge in [0, 0.05) is 29.6 Å². The van der Waals surface area contributed by atoms with E-state index in [2.05, 4.69) is 10.6 Å². The average molecular weight is 387 g/mol. The Morgan fingerprint density at radius 1 is 1.27 bits per heavy atom. The van der Waals surface area contributed by atoms with Crippen LogP contribution in [0.3, 0.4) is 0 Å². The van der Waals surface area contributed by atoms with Crippen LogP contribution in [0.15, 0.2) is 59.5 Å². The molecule has 134 valence electrons. The molecular formula is C18H17N3O3S2. The number of carbonyl (C=O) groups excluding carboxylic acids is 1. The smallest absolute Gasteiger partial charge is 0.270 e. The third-order valence-corrected chi connectivity index (χ3v) is 4.35. The fourth-order valence-electron chi connectivity index (χ4n) is 2.04. The summed E-state index contributed by atoms with van der Waals surface area (Å²) < 4.78 is 0. The van der Waals surface area contributed by atoms with E-state index in [9.17, 15) is 14.9 Å². The van der Waals surface area contributed by atoms with Crippen LogP contribution >= 0.6 is 24.0 Å². The summed E-state index contributed by atoms with van der Waals surface area (Å²) in [5.41, 5.74) is 1.57. The number of thioether (sulfide) groups is 1. The number of nitrogens with zero attached hydrogens (tertiary/aromatic N) is 1. The molecule has 0 radical (unpaired) electrons. The van der Waals surface area contributed by atoms with Crippen molar-refractivity contribution in [2.24, 2.45) is 0 Å². The van der Waals surface area contributed by atoms with Crippen molar-refractivity contribution in [3.05, 3.63) is 75.8 Å². The molecule has 0 spiro atoms. The molecule has 0 aliphatic rings. The topological polar surface area (TPSA) is 84.3 Å². The van der Waals surface area contributed by atoms with Gasteiger partial charge in [-0.2, -0.15) is 0 Å². The molecule has 8 heteroatoms. The van der Waals surface area contributed by atoms with Crippen LogP contribution in [0, 0.1) is 10.1 Å². The summed E-state index contributed by atoms with van der Waals surface area (Å²) >= 11 is 6.76. The van der Waals surface area contributed by atoms with Crippen LogP contribution in [0.5, 0.6) is 0 Å². The van der Waals surface area contributed by atoms with Gasteiger partial charge in [-0.3, -0.25) is 20.2 Å². The third kappa shape index (κ3) is 6.30. The van der Waals surface area contributed by atoms with Gasteiger partial charge in [0.1, 0.15) is 0 Å². The van der Waals surface area contributed by atoms with E-state index in [-0.39, 0.29) is 10.8 Å². The molecule has 0 aliphatic carbocycles. The molecule has 0 aliphatic heterocycles. The van der Waals surface area contributed by atoms with E-state index in [1.165, 1.54) is 29.2 Å². The van der Waals surface area contributed by atoms with Crippen LogP contribution in [-0.4, -0.2) is 22.2 Å². The highest BCUT2D eigenvalue weighted by molar-refractivity contribution is 7.98. The lowest BCUT2D eigenvalue weighted by atomic mass is 10.2. The molecule has 0 saturated carbocycles. The van der Waals surface area contributed by atoms with Gasteiger partial charge < -0.3 is 5.32 Å². The molecule has 2 aromatic carbocycles. The number of benzene rings is 2. The number of rotatable bonds is 6. The standard InChI is InChI=1S/C18H17N3O3S2/c1-26-16-8-5-14(6-9-16)12-19-18(25)20-17(22)10-7-13-3-2-4-15(11-13)21(23)24/h2-11H,12H2,1H3,(H2,19,20,22,25)/b10-7+. The minimum absolute atomic E-state index is 0.0303. The molecule has 2 aromatic rings. The van der Waals surface area contributed by atoms with Crippen molar-refractivity contribution in [3.8, 4) is 0 Å². The average Bonchev–Trinajstić information content (AvgIpc) is 2.65. The second-order valence-electron chi connectivity index (χ2n) is 5.21. The zero-order valence-corrected chi connectivity index (χ0v) is 15.6. The van der Waals surface area contributed by atoms with Gasteiger partial charge in [-0.15, -0.1) is 11.8 Å². The molecule has 0 heterocycles. The van der Waals surface area contributed by atoms with Gasteiger partial charge in [-0.1, -0.05) is 24.3 Å². The molecule has 26 heavy (non-hydrogen) atoms. The molecule has 6 nitrogen and oxygen atoms in total. The fraction of sp³-hybridized carbons (Fsp3) is 0.111. The number of nitro groups is 1. The first-order valence-corrected chi connectivity index (χ1v) is 9.25. The lowest BCUT2D eigenvalue weighted by Gasteiger charge is -2.08. The number of nitro benzene ring substituents is 1. The fourth-order valence-corrected chi connectivity index (χ4v) is 2.62. The monoisotopic (exact) mass is 387 g/mol. The molecule has 0 aromatic heterocycles. The minimum atomic E-state index is -0.484. The van der Waals surface area contributed by atoms with Crippen LogP contribution in [0.25, 0.3) is 6.08 Å². The number of hydrogen-bond donors (Lipinski definition) is 2. The predicted molar refractivity (Wildman–Crippen MR) is 108 cm³/mol. The summed E-state index contributed by atoms with van der Waals surface area (Å²) in [7, 11) is 0. The summed E-state index contributed by atoms with van der Waals surface area (Å²) in [6, 6.07) is 14.0. The van der Waals surface area contributed by atoms with Crippen molar-refractivity contribution in [2.45, 2.75) is 11.4 Å². The molecule has 0 fully saturated rings. The highest BCUT2D eigenvalue weighted by Gasteiger charge is 2.05. The summed E-state index contributed by atoms with van der Waals surface area (Å²) in [6.07, 6.45) is 4.78. The Labute approximate surface area is 160 Å². The number of hydrogen-bond acceptors (Lipinski definition) is 5. The molecule has 0 bridgehead atoms. The maximum absolute atomic E-state index is 11.9. The van der Waals surface area contributed by atoms with Crippen molar-refractivity contribution in [2.75, 3.05) is 6.26 Å². The van der Waals surface area contributed by atoms with Crippen molar-refractivity contribution in [1.82, 2.24) is 10.6 Å². The molecule has 1 amide bonds. The predicted octanol–water partition coefficient (Wildman–Crippen LogP) is 3.52. The zero-order chi connectivity index (χ0) is 18.9. The van der Waals surface area contributed by atoms with Crippen LogP contribution < -0.4 is 10.6 Å². The third-order valence-electron chi connectivity index (χ3n) is 3.36. The Kier molecular flexibility index (Phi) is 7.31. The van der Waals surface area contributed by atoms with E-state index in [4.69, 9.17) is 12.2 Å². The normalized spacial score (nSPS) is 10.5. The quantitative estimate of drug-likeness (QED) is 0.259. The Balaban J connectivity index is 1.83. The summed E-state index contributed by atoms with van der Waals surface area (Å²) in [5, 5.41) is 16.4. The van der Waals surface area contributed by atoms with Gasteiger partial charge in [0.2, 0.25) is 5.91 Å². The second-order valence-corrected chi connectivity index (χ2v) is 6.49. The Bertz CT molecular complexity index is 836. The van der Waals surface area contributed by atoms with Crippen LogP contribution in [0.2, 0.25) is 0 Å². The SMILES string of the molecule is CSc1ccc(CNC(=S)NC(=O)/C=C/c2cccc([N+](=O)[O-])c2)cc1. The van der Waals surface area contributed by atoms with Crippen molar-refractivity contribution in [3.63, 3.8) is 0 Å². The van der Waals surface area contributed by atoms with Crippen molar-refractivity contribution < 1.29 is 9.72 Å². The van der Waals surface area contributed by atoms with Gasteiger partial charge in [0.15, 0.2) is 5.11 Å². The maximum Gasteiger partial charge on any atom is 0.270 e. The first kappa shape index (κ1) is 19.6. The van der Waals surface area contributed by atoms with E-state index in [1.54, 1.807) is 23.9 Å². The number of thiocarbonyl (C=S) groups is 1. The Morgan fingerprint density at radius 2 is 2.00 bits per heavy atom. The molecule has 2 N–H and O–H groups in total.